The van der Waals surface area contributed by atoms with Crippen LogP contribution in [-0.2, 0) is 0 Å². The van der Waals surface area contributed by atoms with Gasteiger partial charge in [-0.25, -0.2) is 0 Å². The Balaban J connectivity index is 0.000000561. The second kappa shape index (κ2) is 8.33. The van der Waals surface area contributed by atoms with Gasteiger partial charge in [-0.05, 0) is 28.8 Å². The minimum atomic E-state index is 0.810. The monoisotopic (exact) mass is 182 g/mol. The molecular formula is C10H18OSi. The SMILES string of the molecule is CCCOc1ccccc1.C[SiH3]. The van der Waals surface area contributed by atoms with Crippen molar-refractivity contribution in [3.63, 3.8) is 0 Å². The molecule has 0 fully saturated rings. The summed E-state index contributed by atoms with van der Waals surface area (Å²) >= 11 is 0. The van der Waals surface area contributed by atoms with E-state index < -0.39 is 0 Å². The third-order valence-electron chi connectivity index (χ3n) is 1.22. The fraction of sp³-hybridized carbons (Fsp3) is 0.400. The molecule has 0 aliphatic rings. The molecule has 1 nitrogen and oxygen atoms in total. The average Bonchev–Trinajstić information content (AvgIpc) is 2.19. The number of hydrogen-bond acceptors (Lipinski definition) is 1. The molecule has 0 spiro atoms. The predicted molar refractivity (Wildman–Crippen MR) is 58.0 cm³/mol. The number of ether oxygens (including phenoxy) is 1. The van der Waals surface area contributed by atoms with Crippen LogP contribution >= 0.6 is 0 Å². The Bertz CT molecular complexity index is 174. The van der Waals surface area contributed by atoms with Gasteiger partial charge < -0.3 is 4.74 Å². The summed E-state index contributed by atoms with van der Waals surface area (Å²) in [5.74, 6) is 0.962. The van der Waals surface area contributed by atoms with E-state index in [1.54, 1.807) is 0 Å². The van der Waals surface area contributed by atoms with Crippen LogP contribution in [0.3, 0.4) is 0 Å². The number of hydrogen-bond donors (Lipinski definition) is 0. The van der Waals surface area contributed by atoms with Gasteiger partial charge in [0.25, 0.3) is 0 Å². The standard InChI is InChI=1S/C9H12O.CH6Si/c1-2-8-10-9-6-4-3-5-7-9;1-2/h3-7H,2,8H2,1H3;1-2H3. The van der Waals surface area contributed by atoms with E-state index in [1.807, 2.05) is 30.3 Å². The molecule has 2 heteroatoms. The van der Waals surface area contributed by atoms with E-state index >= 15 is 0 Å². The van der Waals surface area contributed by atoms with Gasteiger partial charge in [0.15, 0.2) is 0 Å². The second-order valence-electron chi connectivity index (χ2n) is 2.16. The fourth-order valence-electron chi connectivity index (χ4n) is 0.737. The topological polar surface area (TPSA) is 9.23 Å². The summed E-state index contributed by atoms with van der Waals surface area (Å²) in [5.41, 5.74) is 0. The molecule has 0 amide bonds. The first-order chi connectivity index (χ1) is 5.93. The predicted octanol–water partition coefficient (Wildman–Crippen LogP) is 1.88. The normalized spacial score (nSPS) is 8.50. The Morgan fingerprint density at radius 2 is 1.75 bits per heavy atom. The van der Waals surface area contributed by atoms with Crippen molar-refractivity contribution in [1.82, 2.24) is 0 Å². The lowest BCUT2D eigenvalue weighted by Gasteiger charge is -2.01. The van der Waals surface area contributed by atoms with Crippen molar-refractivity contribution in [2.24, 2.45) is 0 Å². The van der Waals surface area contributed by atoms with Crippen molar-refractivity contribution >= 4 is 10.2 Å². The highest BCUT2D eigenvalue weighted by Crippen LogP contribution is 2.07. The third-order valence-corrected chi connectivity index (χ3v) is 1.22. The molecule has 1 aromatic carbocycles. The molecule has 0 aliphatic carbocycles. The van der Waals surface area contributed by atoms with Crippen LogP contribution in [0.15, 0.2) is 30.3 Å². The first-order valence-electron chi connectivity index (χ1n) is 4.61. The molecule has 0 N–H and O–H groups in total. The zero-order valence-corrected chi connectivity index (χ0v) is 10.2. The Kier molecular flexibility index (Phi) is 7.80. The van der Waals surface area contributed by atoms with E-state index in [9.17, 15) is 0 Å². The van der Waals surface area contributed by atoms with Crippen LogP contribution < -0.4 is 4.74 Å². The highest BCUT2D eigenvalue weighted by molar-refractivity contribution is 6.05. The maximum Gasteiger partial charge on any atom is 0.119 e. The molecule has 0 unspecified atom stereocenters. The van der Waals surface area contributed by atoms with Crippen molar-refractivity contribution in [1.29, 1.82) is 0 Å². The quantitative estimate of drug-likeness (QED) is 0.649. The van der Waals surface area contributed by atoms with Crippen LogP contribution in [0, 0.1) is 0 Å². The molecule has 0 aliphatic heterocycles. The second-order valence-corrected chi connectivity index (χ2v) is 2.16. The van der Waals surface area contributed by atoms with Gasteiger partial charge in [-0.2, -0.15) is 0 Å². The van der Waals surface area contributed by atoms with Gasteiger partial charge in [-0.1, -0.05) is 31.7 Å². The molecule has 0 heterocycles. The Hall–Kier alpha value is -0.763. The summed E-state index contributed by atoms with van der Waals surface area (Å²) in [6.45, 7) is 5.05. The number of rotatable bonds is 3. The molecule has 0 radical (unpaired) electrons. The molecule has 0 saturated heterocycles. The van der Waals surface area contributed by atoms with Crippen LogP contribution in [0.25, 0.3) is 0 Å². The van der Waals surface area contributed by atoms with Crippen molar-refractivity contribution in [3.8, 4) is 5.75 Å². The van der Waals surface area contributed by atoms with E-state index in [-0.39, 0.29) is 0 Å². The molecular weight excluding hydrogens is 164 g/mol. The van der Waals surface area contributed by atoms with Crippen molar-refractivity contribution in [2.45, 2.75) is 19.9 Å². The maximum atomic E-state index is 5.36. The number of para-hydroxylation sites is 1. The van der Waals surface area contributed by atoms with Crippen LogP contribution in [-0.4, -0.2) is 16.8 Å². The highest BCUT2D eigenvalue weighted by atomic mass is 28.1. The summed E-state index contributed by atoms with van der Waals surface area (Å²) in [6.07, 6.45) is 1.06. The number of benzene rings is 1. The summed E-state index contributed by atoms with van der Waals surface area (Å²) in [6, 6.07) is 9.88. The van der Waals surface area contributed by atoms with Gasteiger partial charge in [0.2, 0.25) is 0 Å². The smallest absolute Gasteiger partial charge is 0.119 e. The minimum Gasteiger partial charge on any atom is -0.494 e. The lowest BCUT2D eigenvalue weighted by atomic mass is 10.3. The molecule has 0 aromatic heterocycles. The largest absolute Gasteiger partial charge is 0.494 e. The highest BCUT2D eigenvalue weighted by Gasteiger charge is 1.86. The zero-order chi connectivity index (χ0) is 9.23. The molecule has 0 bridgehead atoms. The van der Waals surface area contributed by atoms with E-state index in [0.717, 1.165) is 18.8 Å². The summed E-state index contributed by atoms with van der Waals surface area (Å²) < 4.78 is 5.36. The minimum absolute atomic E-state index is 0.810. The fourth-order valence-corrected chi connectivity index (χ4v) is 0.737. The first kappa shape index (κ1) is 11.2. The van der Waals surface area contributed by atoms with Crippen LogP contribution in [0.4, 0.5) is 0 Å². The Labute approximate surface area is 78.2 Å². The molecule has 0 saturated carbocycles. The van der Waals surface area contributed by atoms with Gasteiger partial charge >= 0.3 is 0 Å². The summed E-state index contributed by atoms with van der Waals surface area (Å²) in [5, 5.41) is 0. The van der Waals surface area contributed by atoms with Crippen LogP contribution in [0.5, 0.6) is 5.75 Å². The van der Waals surface area contributed by atoms with Gasteiger partial charge in [0.1, 0.15) is 5.75 Å². The van der Waals surface area contributed by atoms with Crippen LogP contribution in [0.2, 0.25) is 6.55 Å². The molecule has 12 heavy (non-hydrogen) atoms. The zero-order valence-electron chi connectivity index (χ0n) is 8.21. The van der Waals surface area contributed by atoms with Crippen molar-refractivity contribution in [2.75, 3.05) is 6.61 Å². The third kappa shape index (κ3) is 4.96. The van der Waals surface area contributed by atoms with E-state index in [4.69, 9.17) is 4.74 Å². The Morgan fingerprint density at radius 3 is 2.25 bits per heavy atom. The van der Waals surface area contributed by atoms with Gasteiger partial charge in [0, 0.05) is 0 Å². The molecule has 0 atom stereocenters. The lowest BCUT2D eigenvalue weighted by Crippen LogP contribution is -1.93. The average molecular weight is 182 g/mol. The van der Waals surface area contributed by atoms with Crippen LogP contribution in [0.1, 0.15) is 13.3 Å². The first-order valence-corrected chi connectivity index (χ1v) is 6.61. The van der Waals surface area contributed by atoms with E-state index in [2.05, 4.69) is 13.5 Å². The van der Waals surface area contributed by atoms with Gasteiger partial charge in [-0.15, -0.1) is 0 Å². The van der Waals surface area contributed by atoms with Crippen molar-refractivity contribution < 1.29 is 4.74 Å². The van der Waals surface area contributed by atoms with E-state index in [0.29, 0.717) is 0 Å². The van der Waals surface area contributed by atoms with Gasteiger partial charge in [0.05, 0.1) is 6.61 Å². The molecule has 1 rings (SSSR count). The molecule has 1 aromatic rings. The van der Waals surface area contributed by atoms with E-state index in [1.165, 1.54) is 10.2 Å². The molecule has 68 valence electrons. The summed E-state index contributed by atoms with van der Waals surface area (Å²) in [4.78, 5) is 0. The lowest BCUT2D eigenvalue weighted by molar-refractivity contribution is 0.317. The Morgan fingerprint density at radius 1 is 1.17 bits per heavy atom. The van der Waals surface area contributed by atoms with Crippen molar-refractivity contribution in [3.05, 3.63) is 30.3 Å². The van der Waals surface area contributed by atoms with Gasteiger partial charge in [-0.3, -0.25) is 0 Å². The maximum absolute atomic E-state index is 5.36. The summed E-state index contributed by atoms with van der Waals surface area (Å²) in [7, 11) is 1.31.